The van der Waals surface area contributed by atoms with Crippen LogP contribution in [0.2, 0.25) is 0 Å². The van der Waals surface area contributed by atoms with E-state index >= 15 is 0 Å². The van der Waals surface area contributed by atoms with Gasteiger partial charge in [0.1, 0.15) is 0 Å². The lowest BCUT2D eigenvalue weighted by Crippen LogP contribution is -2.24. The molecule has 3 heteroatoms. The maximum absolute atomic E-state index is 3.60. The van der Waals surface area contributed by atoms with Crippen molar-refractivity contribution in [2.24, 2.45) is 17.8 Å². The molecule has 1 N–H and O–H groups in total. The molecule has 0 aliphatic heterocycles. The molecule has 1 aromatic heterocycles. The van der Waals surface area contributed by atoms with Gasteiger partial charge in [-0.15, -0.1) is 11.3 Å². The van der Waals surface area contributed by atoms with Crippen LogP contribution in [0, 0.1) is 24.7 Å². The molecule has 2 saturated carbocycles. The van der Waals surface area contributed by atoms with E-state index in [-0.39, 0.29) is 0 Å². The molecule has 88 valence electrons. The summed E-state index contributed by atoms with van der Waals surface area (Å²) in [7, 11) is 2.11. The molecule has 2 aliphatic rings. The van der Waals surface area contributed by atoms with E-state index in [1.54, 1.807) is 0 Å². The van der Waals surface area contributed by atoms with E-state index in [1.165, 1.54) is 33.5 Å². The second-order valence-corrected chi connectivity index (χ2v) is 7.95. The van der Waals surface area contributed by atoms with Gasteiger partial charge in [0, 0.05) is 10.9 Å². The third-order valence-electron chi connectivity index (χ3n) is 4.32. The van der Waals surface area contributed by atoms with Crippen LogP contribution in [-0.2, 0) is 0 Å². The van der Waals surface area contributed by atoms with E-state index in [0.29, 0.717) is 6.04 Å². The number of rotatable bonds is 3. The van der Waals surface area contributed by atoms with Gasteiger partial charge in [0.15, 0.2) is 0 Å². The fourth-order valence-corrected chi connectivity index (χ4v) is 5.20. The molecule has 0 spiro atoms. The summed E-state index contributed by atoms with van der Waals surface area (Å²) < 4.78 is 1.27. The average molecular weight is 300 g/mol. The second kappa shape index (κ2) is 4.11. The van der Waals surface area contributed by atoms with Crippen LogP contribution in [0.4, 0.5) is 0 Å². The van der Waals surface area contributed by atoms with Gasteiger partial charge in [0.05, 0.1) is 3.79 Å². The third-order valence-corrected chi connectivity index (χ3v) is 5.89. The first kappa shape index (κ1) is 11.2. The van der Waals surface area contributed by atoms with Crippen molar-refractivity contribution in [1.29, 1.82) is 0 Å². The minimum Gasteiger partial charge on any atom is -0.313 e. The Hall–Kier alpha value is 0.140. The first-order chi connectivity index (χ1) is 7.69. The summed E-state index contributed by atoms with van der Waals surface area (Å²) in [6.07, 6.45) is 4.41. The first-order valence-electron chi connectivity index (χ1n) is 6.12. The minimum atomic E-state index is 0.579. The van der Waals surface area contributed by atoms with Crippen molar-refractivity contribution in [3.8, 4) is 0 Å². The maximum Gasteiger partial charge on any atom is 0.0704 e. The summed E-state index contributed by atoms with van der Waals surface area (Å²) >= 11 is 5.46. The van der Waals surface area contributed by atoms with Gasteiger partial charge < -0.3 is 5.32 Å². The normalized spacial score (nSPS) is 33.8. The number of hydrogen-bond donors (Lipinski definition) is 1. The third kappa shape index (κ3) is 1.87. The minimum absolute atomic E-state index is 0.579. The molecular formula is C13H18BrNS. The molecule has 0 radical (unpaired) electrons. The summed E-state index contributed by atoms with van der Waals surface area (Å²) in [6, 6.07) is 2.89. The fourth-order valence-electron chi connectivity index (χ4n) is 3.45. The van der Waals surface area contributed by atoms with Gasteiger partial charge in [-0.05, 0) is 78.5 Å². The predicted octanol–water partition coefficient (Wildman–Crippen LogP) is 4.13. The van der Waals surface area contributed by atoms with Crippen molar-refractivity contribution in [3.05, 3.63) is 20.3 Å². The Morgan fingerprint density at radius 3 is 2.56 bits per heavy atom. The number of thiophene rings is 1. The van der Waals surface area contributed by atoms with E-state index in [1.807, 2.05) is 11.3 Å². The van der Waals surface area contributed by atoms with E-state index in [4.69, 9.17) is 0 Å². The van der Waals surface area contributed by atoms with Crippen LogP contribution in [-0.4, -0.2) is 7.05 Å². The zero-order chi connectivity index (χ0) is 11.3. The van der Waals surface area contributed by atoms with Crippen LogP contribution in [0.1, 0.15) is 35.7 Å². The van der Waals surface area contributed by atoms with Crippen molar-refractivity contribution in [2.75, 3.05) is 7.05 Å². The standard InChI is InChI=1S/C13H18BrNS/c1-7-11(6-12(14)16-7)13(15-2)10-4-8-3-9(8)5-10/h6,8-10,13,15H,3-5H2,1-2H3. The Labute approximate surface area is 110 Å². The quantitative estimate of drug-likeness (QED) is 0.885. The van der Waals surface area contributed by atoms with E-state index < -0.39 is 0 Å². The average Bonchev–Trinajstić information content (AvgIpc) is 2.70. The van der Waals surface area contributed by atoms with Crippen LogP contribution in [0.5, 0.6) is 0 Å². The summed E-state index contributed by atoms with van der Waals surface area (Å²) in [5.74, 6) is 3.01. The molecule has 2 aliphatic carbocycles. The Morgan fingerprint density at radius 1 is 1.38 bits per heavy atom. The van der Waals surface area contributed by atoms with E-state index in [2.05, 4.69) is 41.3 Å². The Morgan fingerprint density at radius 2 is 2.06 bits per heavy atom. The summed E-state index contributed by atoms with van der Waals surface area (Å²) in [5, 5.41) is 3.54. The monoisotopic (exact) mass is 299 g/mol. The SMILES string of the molecule is CNC(c1cc(Br)sc1C)C1CC2CC2C1. The van der Waals surface area contributed by atoms with Crippen LogP contribution in [0.3, 0.4) is 0 Å². The largest absolute Gasteiger partial charge is 0.313 e. The zero-order valence-electron chi connectivity index (χ0n) is 9.79. The molecule has 16 heavy (non-hydrogen) atoms. The highest BCUT2D eigenvalue weighted by molar-refractivity contribution is 9.11. The molecule has 1 nitrogen and oxygen atoms in total. The summed E-state index contributed by atoms with van der Waals surface area (Å²) in [4.78, 5) is 1.46. The van der Waals surface area contributed by atoms with Gasteiger partial charge in [-0.25, -0.2) is 0 Å². The van der Waals surface area contributed by atoms with Gasteiger partial charge in [0.2, 0.25) is 0 Å². The highest BCUT2D eigenvalue weighted by Crippen LogP contribution is 2.57. The Balaban J connectivity index is 1.82. The van der Waals surface area contributed by atoms with Crippen molar-refractivity contribution >= 4 is 27.3 Å². The van der Waals surface area contributed by atoms with Gasteiger partial charge in [-0.2, -0.15) is 0 Å². The Bertz CT molecular complexity index is 391. The molecule has 0 amide bonds. The molecule has 3 atom stereocenters. The molecule has 0 saturated heterocycles. The number of nitrogens with one attached hydrogen (secondary N) is 1. The van der Waals surface area contributed by atoms with E-state index in [0.717, 1.165) is 17.8 Å². The molecular weight excluding hydrogens is 282 g/mol. The topological polar surface area (TPSA) is 12.0 Å². The van der Waals surface area contributed by atoms with Crippen LogP contribution >= 0.6 is 27.3 Å². The number of halogens is 1. The smallest absolute Gasteiger partial charge is 0.0704 e. The lowest BCUT2D eigenvalue weighted by atomic mass is 9.89. The van der Waals surface area contributed by atoms with Crippen molar-refractivity contribution < 1.29 is 0 Å². The Kier molecular flexibility index (Phi) is 2.89. The van der Waals surface area contributed by atoms with Crippen LogP contribution in [0.15, 0.2) is 9.85 Å². The van der Waals surface area contributed by atoms with Crippen molar-refractivity contribution in [3.63, 3.8) is 0 Å². The molecule has 0 bridgehead atoms. The molecule has 2 fully saturated rings. The predicted molar refractivity (Wildman–Crippen MR) is 72.9 cm³/mol. The molecule has 0 aromatic carbocycles. The highest BCUT2D eigenvalue weighted by Gasteiger charge is 2.48. The maximum atomic E-state index is 3.60. The number of hydrogen-bond acceptors (Lipinski definition) is 2. The molecule has 3 rings (SSSR count). The van der Waals surface area contributed by atoms with Gasteiger partial charge in [0.25, 0.3) is 0 Å². The van der Waals surface area contributed by atoms with Crippen LogP contribution < -0.4 is 5.32 Å². The van der Waals surface area contributed by atoms with Gasteiger partial charge >= 0.3 is 0 Å². The van der Waals surface area contributed by atoms with Gasteiger partial charge in [-0.3, -0.25) is 0 Å². The van der Waals surface area contributed by atoms with Crippen molar-refractivity contribution in [2.45, 2.75) is 32.2 Å². The van der Waals surface area contributed by atoms with Crippen LogP contribution in [0.25, 0.3) is 0 Å². The lowest BCUT2D eigenvalue weighted by molar-refractivity contribution is 0.359. The number of aryl methyl sites for hydroxylation is 1. The molecule has 1 aromatic rings. The first-order valence-corrected chi connectivity index (χ1v) is 7.73. The van der Waals surface area contributed by atoms with Gasteiger partial charge in [-0.1, -0.05) is 0 Å². The summed E-state index contributed by atoms with van der Waals surface area (Å²) in [6.45, 7) is 2.24. The number of fused-ring (bicyclic) bond motifs is 1. The molecule has 1 heterocycles. The van der Waals surface area contributed by atoms with Crippen molar-refractivity contribution in [1.82, 2.24) is 5.32 Å². The molecule has 3 unspecified atom stereocenters. The fraction of sp³-hybridized carbons (Fsp3) is 0.692. The van der Waals surface area contributed by atoms with E-state index in [9.17, 15) is 0 Å². The lowest BCUT2D eigenvalue weighted by Gasteiger charge is -2.24. The second-order valence-electron chi connectivity index (χ2n) is 5.32. The summed E-state index contributed by atoms with van der Waals surface area (Å²) in [5.41, 5.74) is 1.52. The zero-order valence-corrected chi connectivity index (χ0v) is 12.2. The highest BCUT2D eigenvalue weighted by atomic mass is 79.9.